The maximum atomic E-state index is 12.0. The van der Waals surface area contributed by atoms with Crippen LogP contribution in [0.2, 0.25) is 0 Å². The highest BCUT2D eigenvalue weighted by Crippen LogP contribution is 2.11. The van der Waals surface area contributed by atoms with Crippen LogP contribution in [0.5, 0.6) is 0 Å². The lowest BCUT2D eigenvalue weighted by Gasteiger charge is -2.13. The summed E-state index contributed by atoms with van der Waals surface area (Å²) in [5.74, 6) is 0.528. The van der Waals surface area contributed by atoms with E-state index in [1.165, 1.54) is 6.42 Å². The van der Waals surface area contributed by atoms with Crippen LogP contribution in [-0.2, 0) is 6.54 Å². The summed E-state index contributed by atoms with van der Waals surface area (Å²) >= 11 is 0. The van der Waals surface area contributed by atoms with Crippen molar-refractivity contribution in [3.63, 3.8) is 0 Å². The van der Waals surface area contributed by atoms with Gasteiger partial charge in [-0.05, 0) is 26.2 Å². The largest absolute Gasteiger partial charge is 0.396 e. The van der Waals surface area contributed by atoms with Gasteiger partial charge in [-0.1, -0.05) is 26.7 Å². The Morgan fingerprint density at radius 3 is 2.63 bits per heavy atom. The van der Waals surface area contributed by atoms with E-state index in [9.17, 15) is 4.79 Å². The second-order valence-electron chi connectivity index (χ2n) is 5.49. The second kappa shape index (κ2) is 7.16. The van der Waals surface area contributed by atoms with E-state index in [4.69, 9.17) is 5.73 Å². The summed E-state index contributed by atoms with van der Waals surface area (Å²) in [5, 5.41) is 7.12. The zero-order valence-electron chi connectivity index (χ0n) is 12.4. The Morgan fingerprint density at radius 2 is 2.11 bits per heavy atom. The van der Waals surface area contributed by atoms with Crippen LogP contribution < -0.4 is 11.1 Å². The summed E-state index contributed by atoms with van der Waals surface area (Å²) in [6.45, 7) is 9.11. The van der Waals surface area contributed by atoms with Crippen molar-refractivity contribution in [2.45, 2.75) is 59.5 Å². The van der Waals surface area contributed by atoms with Gasteiger partial charge in [0.25, 0.3) is 5.91 Å². The molecular formula is C14H26N4O. The molecule has 0 bridgehead atoms. The van der Waals surface area contributed by atoms with Crippen LogP contribution in [0.4, 0.5) is 5.69 Å². The van der Waals surface area contributed by atoms with Gasteiger partial charge in [-0.15, -0.1) is 0 Å². The first-order valence-electron chi connectivity index (χ1n) is 7.07. The number of nitrogens with two attached hydrogens (primary N) is 1. The molecule has 0 radical (unpaired) electrons. The molecule has 1 heterocycles. The molecular weight excluding hydrogens is 240 g/mol. The highest BCUT2D eigenvalue weighted by atomic mass is 16.2. The van der Waals surface area contributed by atoms with E-state index >= 15 is 0 Å². The van der Waals surface area contributed by atoms with Gasteiger partial charge < -0.3 is 11.1 Å². The van der Waals surface area contributed by atoms with Gasteiger partial charge in [0.2, 0.25) is 0 Å². The van der Waals surface area contributed by atoms with Crippen LogP contribution in [0.15, 0.2) is 6.20 Å². The molecule has 108 valence electrons. The standard InChI is InChI=1S/C14H26N4O/c1-5-18-9-12(15)13(17-18)14(19)16-11(4)8-6-7-10(2)3/h9-11H,5-8,15H2,1-4H3,(H,16,19). The number of aromatic nitrogens is 2. The van der Waals surface area contributed by atoms with Gasteiger partial charge in [0.05, 0.1) is 5.69 Å². The minimum Gasteiger partial charge on any atom is -0.396 e. The maximum absolute atomic E-state index is 12.0. The first kappa shape index (κ1) is 15.5. The molecule has 5 heteroatoms. The van der Waals surface area contributed by atoms with Crippen molar-refractivity contribution in [3.05, 3.63) is 11.9 Å². The molecule has 1 amide bonds. The molecule has 1 unspecified atom stereocenters. The van der Waals surface area contributed by atoms with Gasteiger partial charge in [-0.3, -0.25) is 9.48 Å². The number of anilines is 1. The van der Waals surface area contributed by atoms with Crippen LogP contribution >= 0.6 is 0 Å². The molecule has 1 aromatic heterocycles. The third-order valence-electron chi connectivity index (χ3n) is 3.13. The zero-order chi connectivity index (χ0) is 14.4. The fraction of sp³-hybridized carbons (Fsp3) is 0.714. The lowest BCUT2D eigenvalue weighted by molar-refractivity contribution is 0.0932. The van der Waals surface area contributed by atoms with Gasteiger partial charge >= 0.3 is 0 Å². The molecule has 1 atom stereocenters. The molecule has 0 aliphatic rings. The molecule has 0 spiro atoms. The van der Waals surface area contributed by atoms with E-state index in [-0.39, 0.29) is 11.9 Å². The normalized spacial score (nSPS) is 12.7. The number of amides is 1. The van der Waals surface area contributed by atoms with Crippen molar-refractivity contribution in [3.8, 4) is 0 Å². The molecule has 0 fully saturated rings. The molecule has 3 N–H and O–H groups in total. The van der Waals surface area contributed by atoms with Crippen LogP contribution in [-0.4, -0.2) is 21.7 Å². The Balaban J connectivity index is 2.47. The number of nitrogen functional groups attached to an aromatic ring is 1. The highest BCUT2D eigenvalue weighted by molar-refractivity contribution is 5.97. The van der Waals surface area contributed by atoms with Crippen molar-refractivity contribution in [1.29, 1.82) is 0 Å². The summed E-state index contributed by atoms with van der Waals surface area (Å²) in [6, 6.07) is 0.150. The van der Waals surface area contributed by atoms with Crippen LogP contribution in [0.1, 0.15) is 57.4 Å². The van der Waals surface area contributed by atoms with E-state index in [1.54, 1.807) is 10.9 Å². The molecule has 0 saturated heterocycles. The van der Waals surface area contributed by atoms with E-state index in [0.29, 0.717) is 23.8 Å². The highest BCUT2D eigenvalue weighted by Gasteiger charge is 2.16. The van der Waals surface area contributed by atoms with Gasteiger partial charge in [0.15, 0.2) is 5.69 Å². The minimum atomic E-state index is -0.179. The Labute approximate surface area is 115 Å². The number of hydrogen-bond acceptors (Lipinski definition) is 3. The SMILES string of the molecule is CCn1cc(N)c(C(=O)NC(C)CCCC(C)C)n1. The van der Waals surface area contributed by atoms with Crippen molar-refractivity contribution in [2.24, 2.45) is 5.92 Å². The predicted octanol–water partition coefficient (Wildman–Crippen LogP) is 2.43. The third-order valence-corrected chi connectivity index (χ3v) is 3.13. The molecule has 1 aromatic rings. The van der Waals surface area contributed by atoms with Gasteiger partial charge in [0, 0.05) is 18.8 Å². The summed E-state index contributed by atoms with van der Waals surface area (Å²) in [4.78, 5) is 12.0. The monoisotopic (exact) mass is 266 g/mol. The fourth-order valence-corrected chi connectivity index (χ4v) is 1.97. The number of rotatable bonds is 7. The molecule has 0 saturated carbocycles. The second-order valence-corrected chi connectivity index (χ2v) is 5.49. The Kier molecular flexibility index (Phi) is 5.86. The van der Waals surface area contributed by atoms with Gasteiger partial charge in [0.1, 0.15) is 0 Å². The van der Waals surface area contributed by atoms with Gasteiger partial charge in [-0.2, -0.15) is 5.10 Å². The topological polar surface area (TPSA) is 72.9 Å². The number of carbonyl (C=O) groups excluding carboxylic acids is 1. The lowest BCUT2D eigenvalue weighted by Crippen LogP contribution is -2.33. The quantitative estimate of drug-likeness (QED) is 0.796. The maximum Gasteiger partial charge on any atom is 0.274 e. The summed E-state index contributed by atoms with van der Waals surface area (Å²) in [7, 11) is 0. The molecule has 19 heavy (non-hydrogen) atoms. The number of aryl methyl sites for hydroxylation is 1. The number of carbonyl (C=O) groups is 1. The molecule has 0 aliphatic carbocycles. The molecule has 0 aliphatic heterocycles. The average molecular weight is 266 g/mol. The molecule has 1 rings (SSSR count). The average Bonchev–Trinajstić information content (AvgIpc) is 2.70. The fourth-order valence-electron chi connectivity index (χ4n) is 1.97. The van der Waals surface area contributed by atoms with E-state index in [2.05, 4.69) is 24.3 Å². The van der Waals surface area contributed by atoms with Crippen LogP contribution in [0.3, 0.4) is 0 Å². The van der Waals surface area contributed by atoms with Crippen LogP contribution in [0.25, 0.3) is 0 Å². The summed E-state index contributed by atoms with van der Waals surface area (Å²) < 4.78 is 1.67. The van der Waals surface area contributed by atoms with E-state index in [0.717, 1.165) is 12.8 Å². The summed E-state index contributed by atoms with van der Waals surface area (Å²) in [5.41, 5.74) is 6.56. The first-order chi connectivity index (χ1) is 8.93. The van der Waals surface area contributed by atoms with Gasteiger partial charge in [-0.25, -0.2) is 0 Å². The first-order valence-corrected chi connectivity index (χ1v) is 7.07. The smallest absolute Gasteiger partial charge is 0.274 e. The molecule has 5 nitrogen and oxygen atoms in total. The third kappa shape index (κ3) is 4.93. The minimum absolute atomic E-state index is 0.150. The van der Waals surface area contributed by atoms with Crippen molar-refractivity contribution < 1.29 is 4.79 Å². The number of nitrogens with zero attached hydrogens (tertiary/aromatic N) is 2. The Bertz CT molecular complexity index is 412. The molecule has 0 aromatic carbocycles. The number of nitrogens with one attached hydrogen (secondary N) is 1. The Morgan fingerprint density at radius 1 is 1.42 bits per heavy atom. The van der Waals surface area contributed by atoms with E-state index in [1.807, 2.05) is 13.8 Å². The van der Waals surface area contributed by atoms with Crippen LogP contribution in [0, 0.1) is 5.92 Å². The zero-order valence-corrected chi connectivity index (χ0v) is 12.4. The summed E-state index contributed by atoms with van der Waals surface area (Å²) in [6.07, 6.45) is 4.99. The van der Waals surface area contributed by atoms with Crippen molar-refractivity contribution in [1.82, 2.24) is 15.1 Å². The Hall–Kier alpha value is -1.52. The van der Waals surface area contributed by atoms with E-state index < -0.39 is 0 Å². The predicted molar refractivity (Wildman–Crippen MR) is 77.9 cm³/mol. The lowest BCUT2D eigenvalue weighted by atomic mass is 10.0. The van der Waals surface area contributed by atoms with Crippen molar-refractivity contribution >= 4 is 11.6 Å². The number of hydrogen-bond donors (Lipinski definition) is 2. The van der Waals surface area contributed by atoms with Crippen molar-refractivity contribution in [2.75, 3.05) is 5.73 Å².